The summed E-state index contributed by atoms with van der Waals surface area (Å²) in [5.74, 6) is 6.48. The van der Waals surface area contributed by atoms with Crippen molar-refractivity contribution in [1.29, 1.82) is 0 Å². The van der Waals surface area contributed by atoms with Crippen molar-refractivity contribution in [2.75, 3.05) is 71.4 Å². The number of aryl methyl sites for hydroxylation is 9. The lowest BCUT2D eigenvalue weighted by atomic mass is 10.1. The number of nitrogens with zero attached hydrogens (tertiary/aromatic N) is 21. The number of carbonyl (C=O) groups is 1. The zero-order chi connectivity index (χ0) is 107. The number of halogens is 4. The zero-order valence-corrected chi connectivity index (χ0v) is 105. The lowest BCUT2D eigenvalue weighted by Gasteiger charge is -2.19. The SMILES string of the molecule is CC(=O)CSc1nc(SC(C)(C)C)nc(SC(C)(C)C)n1.CCSc1nc(SC(C)C)nc(SC(C)C)n1.CCSc1nc(SCC)nc(SCC(F)(F)F)n1.CCSc1nc(SCC)nc(Sc2c(C)cc(F)cc2C)n1.CCSc1nc(SCC)nc(Sc2c(C)cccc2C)n1.COc1cc(C)c(Sc2nc(SC(C)C)nc(SC(C)C)n2)c(C)c1.CSc1nc(SC)nc(Sc2c(C)cc(C)cc2C)n1. The molecule has 11 aromatic rings. The molecule has 788 valence electrons. The van der Waals surface area contributed by atoms with Gasteiger partial charge >= 0.3 is 6.18 Å². The monoisotopic (exact) mass is 2360 g/mol. The van der Waals surface area contributed by atoms with E-state index in [9.17, 15) is 22.4 Å². The third-order valence-electron chi connectivity index (χ3n) is 16.1. The molecule has 7 aromatic heterocycles. The number of methoxy groups -OCH3 is 1. The molecule has 7 heterocycles. The minimum Gasteiger partial charge on any atom is -0.497 e. The van der Waals surface area contributed by atoms with Crippen molar-refractivity contribution < 1.29 is 27.1 Å². The van der Waals surface area contributed by atoms with Gasteiger partial charge in [-0.3, -0.25) is 4.79 Å². The maximum atomic E-state index is 13.4. The number of hydrogen-bond donors (Lipinski definition) is 0. The molecule has 0 saturated heterocycles. The van der Waals surface area contributed by atoms with Crippen molar-refractivity contribution in [3.05, 3.63) is 110 Å². The largest absolute Gasteiger partial charge is 0.497 e. The van der Waals surface area contributed by atoms with Gasteiger partial charge in [-0.15, -0.1) is 0 Å². The molecule has 4 aromatic carbocycles. The predicted molar refractivity (Wildman–Crippen MR) is 622 cm³/mol. The normalized spacial score (nSPS) is 11.4. The fourth-order valence-corrected chi connectivity index (χ4v) is 26.1. The van der Waals surface area contributed by atoms with E-state index in [1.54, 1.807) is 214 Å². The number of aromatic nitrogens is 21. The van der Waals surface area contributed by atoms with Crippen LogP contribution in [0.5, 0.6) is 5.75 Å². The van der Waals surface area contributed by atoms with E-state index in [-0.39, 0.29) is 26.3 Å². The van der Waals surface area contributed by atoms with Crippen molar-refractivity contribution in [2.45, 2.75) is 379 Å². The Morgan fingerprint density at radius 3 is 0.799 bits per heavy atom. The van der Waals surface area contributed by atoms with Crippen LogP contribution in [0.1, 0.15) is 202 Å². The number of hydrogen-bond acceptors (Lipinski definition) is 44. The van der Waals surface area contributed by atoms with E-state index in [2.05, 4.69) is 315 Å². The van der Waals surface area contributed by atoms with E-state index in [1.807, 2.05) is 52.3 Å². The van der Waals surface area contributed by atoms with Crippen LogP contribution < -0.4 is 4.74 Å². The minimum absolute atomic E-state index is 0.0353. The van der Waals surface area contributed by atoms with Crippen molar-refractivity contribution in [3.63, 3.8) is 0 Å². The van der Waals surface area contributed by atoms with Crippen LogP contribution in [0.4, 0.5) is 17.6 Å². The smallest absolute Gasteiger partial charge is 0.398 e. The molecule has 144 heavy (non-hydrogen) atoms. The molecule has 0 aliphatic heterocycles. The van der Waals surface area contributed by atoms with Gasteiger partial charge in [0.25, 0.3) is 0 Å². The Hall–Kier alpha value is -3.51. The van der Waals surface area contributed by atoms with Gasteiger partial charge < -0.3 is 4.74 Å². The second kappa shape index (κ2) is 67.9. The van der Waals surface area contributed by atoms with Crippen LogP contribution in [0, 0.1) is 68.1 Å². The number of ketones is 1. The summed E-state index contributed by atoms with van der Waals surface area (Å²) in [4.78, 5) is 109. The first-order valence-corrected chi connectivity index (χ1v) is 65.6. The first-order chi connectivity index (χ1) is 67.9. The summed E-state index contributed by atoms with van der Waals surface area (Å²) in [6.45, 7) is 64.5. The third kappa shape index (κ3) is 52.9. The molecule has 0 unspecified atom stereocenters. The molecule has 0 spiro atoms. The summed E-state index contributed by atoms with van der Waals surface area (Å²) < 4.78 is 55.2. The summed E-state index contributed by atoms with van der Waals surface area (Å²) in [7, 11) is 1.69. The Morgan fingerprint density at radius 1 is 0.312 bits per heavy atom. The fourth-order valence-electron chi connectivity index (χ4n) is 11.0. The summed E-state index contributed by atoms with van der Waals surface area (Å²) in [6, 6.07) is 17.9. The Labute approximate surface area is 941 Å². The molecule has 23 nitrogen and oxygen atoms in total. The second-order valence-electron chi connectivity index (χ2n) is 33.0. The van der Waals surface area contributed by atoms with Crippen molar-refractivity contribution in [2.24, 2.45) is 0 Å². The van der Waals surface area contributed by atoms with Gasteiger partial charge in [0.05, 0.1) is 18.6 Å². The molecular formula is C96H133F4N21O2S21. The summed E-state index contributed by atoms with van der Waals surface area (Å²) in [5.41, 5.74) is 10.5. The number of Topliss-reactive ketones (excluding diaryl/α,β-unsaturated/α-hetero) is 1. The van der Waals surface area contributed by atoms with E-state index in [1.165, 1.54) is 101 Å². The average molecular weight is 2360 g/mol. The maximum absolute atomic E-state index is 13.4. The summed E-state index contributed by atoms with van der Waals surface area (Å²) in [6.07, 6.45) is -0.250. The summed E-state index contributed by atoms with van der Waals surface area (Å²) in [5, 5.41) is 16.7. The van der Waals surface area contributed by atoms with Crippen LogP contribution in [0.15, 0.2) is 182 Å². The average Bonchev–Trinajstić information content (AvgIpc) is 0.793. The number of rotatable bonds is 40. The standard InChI is InChI=1S/C18H25N3OS3.C15H18FN3S3.C15H19N3S3.C14H23N3OS3.C14H17N3S3.C11H19N3S3.C9H12F3N3S3/c1-10(2)23-16-19-17(24-11(3)4)21-18(20-16)25-15-12(5)8-14(22-7)9-13(15)6;1-5-20-13-17-14(21-6-2)19-15(18-13)22-12-9(3)7-11(16)8-10(12)4;1-5-19-13-16-14(20-6-2)18-15(17-13)21-12-10(3)8-7-9-11(12)4;1-9(18)8-19-10-15-11(20-13(2,3)4)17-12(16-10)21-14(5,6)7;1-8-6-9(2)11(10(3)7-8)20-14-16-12(18-4)15-13(17-14)19-5;1-6-15-9-12-10(16-7(2)3)14-11(13-9)17-8(4)5;1-3-16-6-13-7(17-4-2)15-8(14-6)18-5-9(10,11)12/h8-11H,1-7H3;7-8H,5-6H2,1-4H3;7-9H,5-6H2,1-4H3;8H2,1-7H3;6-7H,1-5H3;7-8H,6H2,1-5H3;3-5H2,1-2H3. The molecule has 48 heteroatoms. The van der Waals surface area contributed by atoms with Gasteiger partial charge in [0.2, 0.25) is 0 Å². The minimum atomic E-state index is -4.21. The van der Waals surface area contributed by atoms with E-state index in [0.717, 1.165) is 145 Å². The molecular weight excluding hydrogens is 2230 g/mol. The molecule has 11 rings (SSSR count). The van der Waals surface area contributed by atoms with Crippen LogP contribution in [-0.2, 0) is 4.79 Å². The van der Waals surface area contributed by atoms with Crippen LogP contribution >= 0.6 is 247 Å². The van der Waals surface area contributed by atoms with Crippen LogP contribution in [0.3, 0.4) is 0 Å². The highest BCUT2D eigenvalue weighted by Crippen LogP contribution is 2.42. The Balaban J connectivity index is 0.000000297. The maximum Gasteiger partial charge on any atom is 0.398 e. The predicted octanol–water partition coefficient (Wildman–Crippen LogP) is 32.0. The Bertz CT molecular complexity index is 5570. The van der Waals surface area contributed by atoms with Crippen LogP contribution in [0.25, 0.3) is 0 Å². The number of carbonyl (C=O) groups excluding carboxylic acids is 1. The van der Waals surface area contributed by atoms with Crippen molar-refractivity contribution in [1.82, 2.24) is 105 Å². The van der Waals surface area contributed by atoms with Gasteiger partial charge in [-0.05, 0) is 238 Å². The highest BCUT2D eigenvalue weighted by atomic mass is 32.2. The van der Waals surface area contributed by atoms with Gasteiger partial charge in [0.1, 0.15) is 17.3 Å². The number of benzene rings is 4. The van der Waals surface area contributed by atoms with Crippen LogP contribution in [0.2, 0.25) is 0 Å². The van der Waals surface area contributed by atoms with Gasteiger partial charge in [-0.25, -0.2) is 4.39 Å². The lowest BCUT2D eigenvalue weighted by molar-refractivity contribution is -0.114. The van der Waals surface area contributed by atoms with E-state index in [0.29, 0.717) is 59.1 Å². The molecule has 0 amide bonds. The van der Waals surface area contributed by atoms with Gasteiger partial charge in [-0.2, -0.15) is 118 Å². The lowest BCUT2D eigenvalue weighted by Crippen LogP contribution is -2.12. The molecule has 0 N–H and O–H groups in total. The van der Waals surface area contributed by atoms with Crippen molar-refractivity contribution >= 4 is 253 Å². The Morgan fingerprint density at radius 2 is 0.535 bits per heavy atom. The molecule has 0 radical (unpaired) electrons. The van der Waals surface area contributed by atoms with E-state index < -0.39 is 11.9 Å². The molecule has 0 atom stereocenters. The van der Waals surface area contributed by atoms with E-state index in [4.69, 9.17) is 4.74 Å². The first kappa shape index (κ1) is 131. The number of thioether (sulfide) groups is 17. The first-order valence-electron chi connectivity index (χ1n) is 45.8. The fraction of sp³-hybridized carbons (Fsp3) is 0.521. The van der Waals surface area contributed by atoms with Crippen LogP contribution in [-0.4, -0.2) is 219 Å². The van der Waals surface area contributed by atoms with Gasteiger partial charge in [-0.1, -0.05) is 381 Å². The highest BCUT2D eigenvalue weighted by Gasteiger charge is 2.29. The topological polar surface area (TPSA) is 297 Å². The van der Waals surface area contributed by atoms with E-state index >= 15 is 0 Å². The molecule has 0 aliphatic carbocycles. The quantitative estimate of drug-likeness (QED) is 0.0254. The zero-order valence-electron chi connectivity index (χ0n) is 88.2. The second-order valence-corrected chi connectivity index (χ2v) is 58.7. The van der Waals surface area contributed by atoms with Crippen molar-refractivity contribution in [3.8, 4) is 5.75 Å². The third-order valence-corrected chi connectivity index (χ3v) is 34.5. The highest BCUT2D eigenvalue weighted by molar-refractivity contribution is 8.04. The molecule has 0 fully saturated rings. The number of ether oxygens (including phenoxy) is 1. The van der Waals surface area contributed by atoms with Gasteiger partial charge in [0, 0.05) is 50.1 Å². The summed E-state index contributed by atoms with van der Waals surface area (Å²) >= 11 is 32.3. The Kier molecular flexibility index (Phi) is 61.7. The molecule has 0 bridgehead atoms. The van der Waals surface area contributed by atoms with Gasteiger partial charge in [0.15, 0.2) is 108 Å². The molecule has 0 aliphatic rings. The molecule has 0 saturated carbocycles. The number of alkyl halides is 3.